The summed E-state index contributed by atoms with van der Waals surface area (Å²) in [7, 11) is 1.29. The predicted octanol–water partition coefficient (Wildman–Crippen LogP) is 3.22. The van der Waals surface area contributed by atoms with E-state index in [0.717, 1.165) is 11.3 Å². The fraction of sp³-hybridized carbons (Fsp3) is 0.300. The quantitative estimate of drug-likeness (QED) is 0.466. The molecule has 3 aromatic rings. The van der Waals surface area contributed by atoms with Crippen LogP contribution in [0.2, 0.25) is 0 Å². The summed E-state index contributed by atoms with van der Waals surface area (Å²) < 4.78 is 11.6. The van der Waals surface area contributed by atoms with Gasteiger partial charge in [0.05, 0.1) is 31.5 Å². The van der Waals surface area contributed by atoms with E-state index < -0.39 is 5.97 Å². The summed E-state index contributed by atoms with van der Waals surface area (Å²) in [5.74, 6) is -0.0531. The zero-order valence-corrected chi connectivity index (χ0v) is 16.8. The Morgan fingerprint density at radius 3 is 2.50 bits per heavy atom. The van der Waals surface area contributed by atoms with Crippen LogP contribution in [0.25, 0.3) is 10.2 Å². The number of hydrogen-bond acceptors (Lipinski definition) is 7. The van der Waals surface area contributed by atoms with E-state index in [2.05, 4.69) is 4.98 Å². The molecule has 0 aliphatic rings. The molecule has 0 spiro atoms. The largest absolute Gasteiger partial charge is 0.491 e. The van der Waals surface area contributed by atoms with Gasteiger partial charge in [0.1, 0.15) is 15.5 Å². The minimum Gasteiger partial charge on any atom is -0.491 e. The minimum absolute atomic E-state index is 0.0432. The molecule has 146 valence electrons. The Morgan fingerprint density at radius 1 is 1.21 bits per heavy atom. The van der Waals surface area contributed by atoms with E-state index in [1.165, 1.54) is 18.0 Å². The number of hydrogen-bond donors (Lipinski definition) is 0. The average molecular weight is 400 g/mol. The Labute approximate surface area is 165 Å². The molecule has 0 saturated carbocycles. The molecule has 28 heavy (non-hydrogen) atoms. The van der Waals surface area contributed by atoms with Gasteiger partial charge < -0.3 is 9.47 Å². The van der Waals surface area contributed by atoms with Gasteiger partial charge in [-0.3, -0.25) is 14.2 Å². The fourth-order valence-electron chi connectivity index (χ4n) is 2.80. The standard InChI is InChI=1S/C20H20N2O5S/c1-11(2)27-14-7-5-13(6-8-14)15(23)9-22-10-21-18-16(19(22)24)12(3)17(28-18)20(25)26-4/h5-8,10-11H,9H2,1-4H3. The number of Topliss-reactive ketones (excluding diaryl/α,β-unsaturated/α-hetero) is 1. The van der Waals surface area contributed by atoms with Gasteiger partial charge in [-0.2, -0.15) is 0 Å². The summed E-state index contributed by atoms with van der Waals surface area (Å²) >= 11 is 1.10. The fourth-order valence-corrected chi connectivity index (χ4v) is 3.85. The molecule has 0 amide bonds. The number of benzene rings is 1. The highest BCUT2D eigenvalue weighted by molar-refractivity contribution is 7.20. The van der Waals surface area contributed by atoms with Crippen LogP contribution in [0.4, 0.5) is 0 Å². The molecule has 7 nitrogen and oxygen atoms in total. The molecule has 0 saturated heterocycles. The molecular formula is C20H20N2O5S. The third-order valence-corrected chi connectivity index (χ3v) is 5.33. The van der Waals surface area contributed by atoms with Crippen molar-refractivity contribution >= 4 is 33.3 Å². The zero-order chi connectivity index (χ0) is 20.4. The number of carbonyl (C=O) groups excluding carboxylic acids is 2. The molecule has 0 atom stereocenters. The van der Waals surface area contributed by atoms with Gasteiger partial charge in [0.25, 0.3) is 5.56 Å². The number of aromatic nitrogens is 2. The Balaban J connectivity index is 1.89. The zero-order valence-electron chi connectivity index (χ0n) is 16.0. The topological polar surface area (TPSA) is 87.5 Å². The maximum atomic E-state index is 12.8. The van der Waals surface area contributed by atoms with Crippen molar-refractivity contribution in [2.75, 3.05) is 7.11 Å². The van der Waals surface area contributed by atoms with Crippen LogP contribution in [0, 0.1) is 6.92 Å². The number of thiophene rings is 1. The molecule has 0 radical (unpaired) electrons. The number of aryl methyl sites for hydroxylation is 1. The summed E-state index contributed by atoms with van der Waals surface area (Å²) in [6, 6.07) is 6.79. The van der Waals surface area contributed by atoms with Gasteiger partial charge in [-0.05, 0) is 50.6 Å². The van der Waals surface area contributed by atoms with Crippen LogP contribution in [-0.2, 0) is 11.3 Å². The van der Waals surface area contributed by atoms with Crippen molar-refractivity contribution in [1.29, 1.82) is 0 Å². The Hall–Kier alpha value is -3.00. The van der Waals surface area contributed by atoms with Crippen molar-refractivity contribution < 1.29 is 19.1 Å². The highest BCUT2D eigenvalue weighted by Crippen LogP contribution is 2.27. The van der Waals surface area contributed by atoms with E-state index in [1.54, 1.807) is 31.2 Å². The van der Waals surface area contributed by atoms with Crippen LogP contribution in [-0.4, -0.2) is 34.5 Å². The van der Waals surface area contributed by atoms with Crippen LogP contribution >= 0.6 is 11.3 Å². The molecule has 0 unspecified atom stereocenters. The highest BCUT2D eigenvalue weighted by Gasteiger charge is 2.20. The van der Waals surface area contributed by atoms with Crippen LogP contribution in [0.1, 0.15) is 39.4 Å². The average Bonchev–Trinajstić information content (AvgIpc) is 3.00. The lowest BCUT2D eigenvalue weighted by molar-refractivity contribution is 0.0605. The number of esters is 1. The number of rotatable bonds is 6. The molecule has 2 heterocycles. The maximum Gasteiger partial charge on any atom is 0.348 e. The van der Waals surface area contributed by atoms with Gasteiger partial charge in [-0.1, -0.05) is 0 Å². The number of carbonyl (C=O) groups is 2. The van der Waals surface area contributed by atoms with Crippen LogP contribution in [0.3, 0.4) is 0 Å². The van der Waals surface area contributed by atoms with Crippen molar-refractivity contribution in [2.45, 2.75) is 33.4 Å². The second-order valence-corrected chi connectivity index (χ2v) is 7.52. The van der Waals surface area contributed by atoms with Gasteiger partial charge in [-0.15, -0.1) is 11.3 Å². The second-order valence-electron chi connectivity index (χ2n) is 6.52. The Kier molecular flexibility index (Phi) is 5.60. The maximum absolute atomic E-state index is 12.8. The molecule has 0 aliphatic carbocycles. The molecule has 0 fully saturated rings. The molecule has 1 aromatic carbocycles. The Morgan fingerprint density at radius 2 is 1.89 bits per heavy atom. The molecular weight excluding hydrogens is 380 g/mol. The van der Waals surface area contributed by atoms with Crippen molar-refractivity contribution in [3.8, 4) is 5.75 Å². The summed E-state index contributed by atoms with van der Waals surface area (Å²) in [5, 5.41) is 0.335. The van der Waals surface area contributed by atoms with E-state index in [0.29, 0.717) is 32.0 Å². The van der Waals surface area contributed by atoms with Gasteiger partial charge in [-0.25, -0.2) is 9.78 Å². The number of ketones is 1. The summed E-state index contributed by atoms with van der Waals surface area (Å²) in [4.78, 5) is 42.3. The van der Waals surface area contributed by atoms with Crippen molar-refractivity contribution in [3.63, 3.8) is 0 Å². The van der Waals surface area contributed by atoms with Crippen LogP contribution < -0.4 is 10.3 Å². The first-order chi connectivity index (χ1) is 13.3. The lowest BCUT2D eigenvalue weighted by atomic mass is 10.1. The summed E-state index contributed by atoms with van der Waals surface area (Å²) in [6.45, 7) is 5.38. The molecule has 0 N–H and O–H groups in total. The van der Waals surface area contributed by atoms with Crippen molar-refractivity contribution in [1.82, 2.24) is 9.55 Å². The number of methoxy groups -OCH3 is 1. The predicted molar refractivity (Wildman–Crippen MR) is 106 cm³/mol. The van der Waals surface area contributed by atoms with Gasteiger partial charge in [0, 0.05) is 5.56 Å². The van der Waals surface area contributed by atoms with Crippen molar-refractivity contribution in [3.05, 3.63) is 57.0 Å². The van der Waals surface area contributed by atoms with E-state index in [9.17, 15) is 14.4 Å². The first-order valence-corrected chi connectivity index (χ1v) is 9.50. The second kappa shape index (κ2) is 7.93. The number of fused-ring (bicyclic) bond motifs is 1. The van der Waals surface area contributed by atoms with E-state index in [-0.39, 0.29) is 24.0 Å². The first kappa shape index (κ1) is 19.8. The smallest absolute Gasteiger partial charge is 0.348 e. The monoisotopic (exact) mass is 400 g/mol. The summed E-state index contributed by atoms with van der Waals surface area (Å²) in [6.07, 6.45) is 1.37. The molecule has 0 aliphatic heterocycles. The van der Waals surface area contributed by atoms with Gasteiger partial charge in [0.15, 0.2) is 5.78 Å². The molecule has 8 heteroatoms. The van der Waals surface area contributed by atoms with E-state index >= 15 is 0 Å². The Bertz CT molecular complexity index is 1100. The lowest BCUT2D eigenvalue weighted by Gasteiger charge is -2.10. The number of nitrogens with zero attached hydrogens (tertiary/aromatic N) is 2. The van der Waals surface area contributed by atoms with Crippen LogP contribution in [0.5, 0.6) is 5.75 Å². The SMILES string of the molecule is COC(=O)c1sc2ncn(CC(=O)c3ccc(OC(C)C)cc3)c(=O)c2c1C. The third-order valence-electron chi connectivity index (χ3n) is 4.15. The van der Waals surface area contributed by atoms with E-state index in [4.69, 9.17) is 9.47 Å². The van der Waals surface area contributed by atoms with Crippen LogP contribution in [0.15, 0.2) is 35.4 Å². The van der Waals surface area contributed by atoms with E-state index in [1.807, 2.05) is 13.8 Å². The summed E-state index contributed by atoms with van der Waals surface area (Å²) in [5.41, 5.74) is 0.628. The minimum atomic E-state index is -0.508. The highest BCUT2D eigenvalue weighted by atomic mass is 32.1. The normalized spacial score (nSPS) is 11.0. The first-order valence-electron chi connectivity index (χ1n) is 8.68. The van der Waals surface area contributed by atoms with Gasteiger partial charge >= 0.3 is 5.97 Å². The molecule has 2 aromatic heterocycles. The van der Waals surface area contributed by atoms with Crippen molar-refractivity contribution in [2.24, 2.45) is 0 Å². The molecule has 3 rings (SSSR count). The third kappa shape index (κ3) is 3.82. The molecule has 0 bridgehead atoms. The van der Waals surface area contributed by atoms with Gasteiger partial charge in [0.2, 0.25) is 0 Å². The number of ether oxygens (including phenoxy) is 2. The lowest BCUT2D eigenvalue weighted by Crippen LogP contribution is -2.24.